The Morgan fingerprint density at radius 1 is 1.32 bits per heavy atom. The lowest BCUT2D eigenvalue weighted by molar-refractivity contribution is 0.412. The molecule has 0 aliphatic rings. The minimum absolute atomic E-state index is 0.0518. The number of sulfonamides is 1. The zero-order valence-electron chi connectivity index (χ0n) is 11.9. The molecular weight excluding hydrogens is 264 g/mol. The normalized spacial score (nSPS) is 11.6. The summed E-state index contributed by atoms with van der Waals surface area (Å²) in [7, 11) is -1.73. The maximum Gasteiger partial charge on any atom is 0.233 e. The van der Waals surface area contributed by atoms with Crippen LogP contribution >= 0.6 is 0 Å². The lowest BCUT2D eigenvalue weighted by Gasteiger charge is -2.12. The van der Waals surface area contributed by atoms with Crippen LogP contribution in [0, 0.1) is 6.92 Å². The largest absolute Gasteiger partial charge is 0.496 e. The van der Waals surface area contributed by atoms with Crippen LogP contribution in [0.3, 0.4) is 0 Å². The SMILES string of the molecule is COc1ccc(NS(=O)(=O)CCNC(C)C)cc1C. The van der Waals surface area contributed by atoms with Gasteiger partial charge in [0.1, 0.15) is 5.75 Å². The highest BCUT2D eigenvalue weighted by atomic mass is 32.2. The molecular formula is C13H22N2O3S. The maximum atomic E-state index is 11.9. The highest BCUT2D eigenvalue weighted by Gasteiger charge is 2.11. The fourth-order valence-corrected chi connectivity index (χ4v) is 2.63. The highest BCUT2D eigenvalue weighted by Crippen LogP contribution is 2.21. The Morgan fingerprint density at radius 2 is 2.00 bits per heavy atom. The Labute approximate surface area is 115 Å². The number of nitrogens with one attached hydrogen (secondary N) is 2. The van der Waals surface area contributed by atoms with E-state index in [0.29, 0.717) is 12.2 Å². The van der Waals surface area contributed by atoms with Crippen LogP contribution in [0.25, 0.3) is 0 Å². The van der Waals surface area contributed by atoms with Crippen molar-refractivity contribution in [2.24, 2.45) is 0 Å². The number of methoxy groups -OCH3 is 1. The molecule has 0 radical (unpaired) electrons. The first kappa shape index (κ1) is 15.8. The Morgan fingerprint density at radius 3 is 2.53 bits per heavy atom. The summed E-state index contributed by atoms with van der Waals surface area (Å²) >= 11 is 0. The van der Waals surface area contributed by atoms with E-state index >= 15 is 0 Å². The van der Waals surface area contributed by atoms with E-state index < -0.39 is 10.0 Å². The predicted molar refractivity (Wildman–Crippen MR) is 78.3 cm³/mol. The van der Waals surface area contributed by atoms with Crippen LogP contribution in [0.2, 0.25) is 0 Å². The summed E-state index contributed by atoms with van der Waals surface area (Å²) in [6.45, 7) is 6.26. The van der Waals surface area contributed by atoms with Crippen molar-refractivity contribution in [1.29, 1.82) is 0 Å². The van der Waals surface area contributed by atoms with Gasteiger partial charge in [-0.2, -0.15) is 0 Å². The second kappa shape index (κ2) is 6.77. The van der Waals surface area contributed by atoms with Gasteiger partial charge in [-0.05, 0) is 30.7 Å². The predicted octanol–water partition coefficient (Wildman–Crippen LogP) is 1.74. The first-order chi connectivity index (χ1) is 8.84. The first-order valence-corrected chi connectivity index (χ1v) is 7.88. The Kier molecular flexibility index (Phi) is 5.62. The van der Waals surface area contributed by atoms with E-state index in [1.165, 1.54) is 0 Å². The van der Waals surface area contributed by atoms with Crippen LogP contribution in [-0.2, 0) is 10.0 Å². The molecule has 0 fully saturated rings. The maximum absolute atomic E-state index is 11.9. The number of hydrogen-bond donors (Lipinski definition) is 2. The van der Waals surface area contributed by atoms with E-state index in [-0.39, 0.29) is 11.8 Å². The second-order valence-corrected chi connectivity index (χ2v) is 6.56. The van der Waals surface area contributed by atoms with Crippen molar-refractivity contribution in [2.75, 3.05) is 24.1 Å². The molecule has 0 unspecified atom stereocenters. The summed E-state index contributed by atoms with van der Waals surface area (Å²) in [4.78, 5) is 0. The molecule has 0 saturated heterocycles. The zero-order chi connectivity index (χ0) is 14.5. The van der Waals surface area contributed by atoms with Gasteiger partial charge in [0.05, 0.1) is 12.9 Å². The second-order valence-electron chi connectivity index (χ2n) is 4.71. The van der Waals surface area contributed by atoms with Gasteiger partial charge in [-0.15, -0.1) is 0 Å². The molecule has 5 nitrogen and oxygen atoms in total. The van der Waals surface area contributed by atoms with Crippen LogP contribution in [0.5, 0.6) is 5.75 Å². The van der Waals surface area contributed by atoms with Gasteiger partial charge >= 0.3 is 0 Å². The minimum Gasteiger partial charge on any atom is -0.496 e. The molecule has 2 N–H and O–H groups in total. The van der Waals surface area contributed by atoms with Crippen molar-refractivity contribution in [3.8, 4) is 5.75 Å². The number of benzene rings is 1. The summed E-state index contributed by atoms with van der Waals surface area (Å²) in [5, 5.41) is 3.08. The molecule has 0 amide bonds. The molecule has 0 saturated carbocycles. The summed E-state index contributed by atoms with van der Waals surface area (Å²) in [5.41, 5.74) is 1.45. The monoisotopic (exact) mass is 286 g/mol. The molecule has 0 spiro atoms. The van der Waals surface area contributed by atoms with Gasteiger partial charge in [-0.1, -0.05) is 13.8 Å². The summed E-state index contributed by atoms with van der Waals surface area (Å²) in [5.74, 6) is 0.792. The lowest BCUT2D eigenvalue weighted by Crippen LogP contribution is -2.30. The smallest absolute Gasteiger partial charge is 0.233 e. The Hall–Kier alpha value is -1.27. The average molecular weight is 286 g/mol. The molecule has 0 aliphatic heterocycles. The fraction of sp³-hybridized carbons (Fsp3) is 0.538. The van der Waals surface area contributed by atoms with Crippen molar-refractivity contribution in [3.05, 3.63) is 23.8 Å². The summed E-state index contributed by atoms with van der Waals surface area (Å²) < 4.78 is 31.4. The van der Waals surface area contributed by atoms with E-state index in [2.05, 4.69) is 10.0 Å². The van der Waals surface area contributed by atoms with E-state index in [0.717, 1.165) is 11.3 Å². The molecule has 0 atom stereocenters. The number of ether oxygens (including phenoxy) is 1. The third-order valence-electron chi connectivity index (χ3n) is 2.59. The van der Waals surface area contributed by atoms with Crippen LogP contribution < -0.4 is 14.8 Å². The average Bonchev–Trinajstić information content (AvgIpc) is 2.27. The molecule has 1 rings (SSSR count). The first-order valence-electron chi connectivity index (χ1n) is 6.22. The van der Waals surface area contributed by atoms with Crippen LogP contribution in [0.15, 0.2) is 18.2 Å². The van der Waals surface area contributed by atoms with Gasteiger partial charge < -0.3 is 10.1 Å². The zero-order valence-corrected chi connectivity index (χ0v) is 12.7. The van der Waals surface area contributed by atoms with Crippen molar-refractivity contribution >= 4 is 15.7 Å². The Balaban J connectivity index is 2.65. The fourth-order valence-electron chi connectivity index (χ4n) is 1.65. The van der Waals surface area contributed by atoms with E-state index in [1.807, 2.05) is 20.8 Å². The van der Waals surface area contributed by atoms with Gasteiger partial charge in [-0.25, -0.2) is 8.42 Å². The molecule has 0 aliphatic carbocycles. The number of aryl methyl sites for hydroxylation is 1. The van der Waals surface area contributed by atoms with E-state index in [1.54, 1.807) is 25.3 Å². The third-order valence-corrected chi connectivity index (χ3v) is 3.88. The van der Waals surface area contributed by atoms with Gasteiger partial charge in [-0.3, -0.25) is 4.72 Å². The number of anilines is 1. The van der Waals surface area contributed by atoms with Gasteiger partial charge in [0, 0.05) is 18.3 Å². The number of rotatable bonds is 7. The van der Waals surface area contributed by atoms with Gasteiger partial charge in [0.15, 0.2) is 0 Å². The molecule has 0 aromatic heterocycles. The molecule has 0 bridgehead atoms. The van der Waals surface area contributed by atoms with Crippen LogP contribution in [0.4, 0.5) is 5.69 Å². The quantitative estimate of drug-likeness (QED) is 0.801. The molecule has 1 aromatic rings. The van der Waals surface area contributed by atoms with Gasteiger partial charge in [0.25, 0.3) is 0 Å². The molecule has 6 heteroatoms. The third kappa shape index (κ3) is 5.48. The topological polar surface area (TPSA) is 67.4 Å². The van der Waals surface area contributed by atoms with Crippen molar-refractivity contribution in [1.82, 2.24) is 5.32 Å². The van der Waals surface area contributed by atoms with Crippen molar-refractivity contribution < 1.29 is 13.2 Å². The number of hydrogen-bond acceptors (Lipinski definition) is 4. The van der Waals surface area contributed by atoms with Gasteiger partial charge in [0.2, 0.25) is 10.0 Å². The Bertz CT molecular complexity index is 513. The molecule has 108 valence electrons. The van der Waals surface area contributed by atoms with Crippen LogP contribution in [-0.4, -0.2) is 33.9 Å². The standard InChI is InChI=1S/C13H22N2O3S/c1-10(2)14-7-8-19(16,17)15-12-5-6-13(18-4)11(3)9-12/h5-6,9-10,14-15H,7-8H2,1-4H3. The molecule has 1 aromatic carbocycles. The summed E-state index contributed by atoms with van der Waals surface area (Å²) in [6, 6.07) is 5.48. The molecule has 19 heavy (non-hydrogen) atoms. The lowest BCUT2D eigenvalue weighted by atomic mass is 10.2. The van der Waals surface area contributed by atoms with E-state index in [4.69, 9.17) is 4.74 Å². The van der Waals surface area contributed by atoms with E-state index in [9.17, 15) is 8.42 Å². The van der Waals surface area contributed by atoms with Crippen molar-refractivity contribution in [2.45, 2.75) is 26.8 Å². The van der Waals surface area contributed by atoms with Crippen LogP contribution in [0.1, 0.15) is 19.4 Å². The minimum atomic E-state index is -3.32. The van der Waals surface area contributed by atoms with Crippen molar-refractivity contribution in [3.63, 3.8) is 0 Å². The highest BCUT2D eigenvalue weighted by molar-refractivity contribution is 7.92. The summed E-state index contributed by atoms with van der Waals surface area (Å²) in [6.07, 6.45) is 0. The molecule has 0 heterocycles.